The Bertz CT molecular complexity index is 1160. The number of methoxy groups -OCH3 is 1. The minimum atomic E-state index is -0.861. The summed E-state index contributed by atoms with van der Waals surface area (Å²) in [6.45, 7) is 1.81. The molecule has 2 bridgehead atoms. The van der Waals surface area contributed by atoms with Crippen LogP contribution >= 0.6 is 0 Å². The second-order valence-corrected chi connectivity index (χ2v) is 8.98. The van der Waals surface area contributed by atoms with E-state index >= 15 is 0 Å². The summed E-state index contributed by atoms with van der Waals surface area (Å²) in [6.07, 6.45) is 0.882. The third-order valence-electron chi connectivity index (χ3n) is 6.82. The Labute approximate surface area is 190 Å². The number of aromatic nitrogens is 1. The first-order chi connectivity index (χ1) is 15.9. The Morgan fingerprint density at radius 3 is 2.61 bits per heavy atom. The normalized spacial score (nSPS) is 23.8. The van der Waals surface area contributed by atoms with Gasteiger partial charge in [-0.3, -0.25) is 19.3 Å². The maximum Gasteiger partial charge on any atom is 0.325 e. The van der Waals surface area contributed by atoms with Crippen molar-refractivity contribution >= 4 is 17.8 Å². The molecule has 4 amide bonds. The van der Waals surface area contributed by atoms with Crippen LogP contribution in [0.3, 0.4) is 0 Å². The minimum absolute atomic E-state index is 0.00167. The summed E-state index contributed by atoms with van der Waals surface area (Å²) in [5, 5.41) is 2.66. The molecule has 2 saturated heterocycles. The van der Waals surface area contributed by atoms with Gasteiger partial charge < -0.3 is 19.5 Å². The van der Waals surface area contributed by atoms with Gasteiger partial charge in [-0.25, -0.2) is 4.79 Å². The predicted molar refractivity (Wildman–Crippen MR) is 119 cm³/mol. The Balaban J connectivity index is 1.23. The highest BCUT2D eigenvalue weighted by molar-refractivity contribution is 6.05. The summed E-state index contributed by atoms with van der Waals surface area (Å²) in [5.41, 5.74) is 1.76. The van der Waals surface area contributed by atoms with Gasteiger partial charge in [0.1, 0.15) is 11.8 Å². The molecule has 0 unspecified atom stereocenters. The van der Waals surface area contributed by atoms with Gasteiger partial charge in [-0.05, 0) is 36.1 Å². The molecule has 172 valence electrons. The lowest BCUT2D eigenvalue weighted by atomic mass is 9.83. The van der Waals surface area contributed by atoms with Crippen molar-refractivity contribution in [2.24, 2.45) is 5.92 Å². The first kappa shape index (κ1) is 21.2. The van der Waals surface area contributed by atoms with Crippen LogP contribution in [-0.4, -0.2) is 58.5 Å². The monoisotopic (exact) mass is 450 g/mol. The highest BCUT2D eigenvalue weighted by Gasteiger charge is 2.41. The smallest absolute Gasteiger partial charge is 0.325 e. The zero-order chi connectivity index (χ0) is 23.1. The number of hydrogen-bond acceptors (Lipinski definition) is 5. The molecule has 0 aliphatic carbocycles. The number of ether oxygens (including phenoxy) is 1. The van der Waals surface area contributed by atoms with Crippen LogP contribution in [-0.2, 0) is 22.7 Å². The van der Waals surface area contributed by atoms with E-state index in [4.69, 9.17) is 4.74 Å². The Morgan fingerprint density at radius 2 is 1.85 bits per heavy atom. The number of carbonyl (C=O) groups excluding carboxylic acids is 3. The fourth-order valence-electron chi connectivity index (χ4n) is 5.18. The van der Waals surface area contributed by atoms with Gasteiger partial charge in [0.15, 0.2) is 0 Å². The zero-order valence-corrected chi connectivity index (χ0v) is 18.4. The number of hydrogen-bond donors (Lipinski definition) is 1. The number of nitrogens with zero attached hydrogens (tertiary/aromatic N) is 3. The number of pyridine rings is 1. The number of amides is 4. The molecular formula is C24H26N4O5. The van der Waals surface area contributed by atoms with Gasteiger partial charge in [0.2, 0.25) is 5.91 Å². The second kappa shape index (κ2) is 8.38. The van der Waals surface area contributed by atoms with E-state index in [2.05, 4.69) is 5.32 Å². The van der Waals surface area contributed by atoms with E-state index in [0.29, 0.717) is 25.4 Å². The van der Waals surface area contributed by atoms with E-state index < -0.39 is 18.0 Å². The average molecular weight is 450 g/mol. The van der Waals surface area contributed by atoms with E-state index in [0.717, 1.165) is 22.6 Å². The van der Waals surface area contributed by atoms with E-state index in [9.17, 15) is 19.2 Å². The number of urea groups is 1. The van der Waals surface area contributed by atoms with Crippen LogP contribution in [0.4, 0.5) is 4.79 Å². The summed E-state index contributed by atoms with van der Waals surface area (Å²) in [4.78, 5) is 53.5. The molecule has 1 aromatic heterocycles. The number of piperidine rings is 1. The highest BCUT2D eigenvalue weighted by atomic mass is 16.5. The van der Waals surface area contributed by atoms with Crippen LogP contribution in [0.15, 0.2) is 47.3 Å². The lowest BCUT2D eigenvalue weighted by molar-refractivity contribution is -0.137. The van der Waals surface area contributed by atoms with Gasteiger partial charge in [0, 0.05) is 37.3 Å². The summed E-state index contributed by atoms with van der Waals surface area (Å²) in [5.74, 6) is 0.467. The van der Waals surface area contributed by atoms with Crippen LogP contribution < -0.4 is 15.6 Å². The largest absolute Gasteiger partial charge is 0.497 e. The molecule has 3 atom stereocenters. The molecule has 9 nitrogen and oxygen atoms in total. The minimum Gasteiger partial charge on any atom is -0.497 e. The molecule has 2 fully saturated rings. The van der Waals surface area contributed by atoms with Crippen molar-refractivity contribution in [1.29, 1.82) is 0 Å². The van der Waals surface area contributed by atoms with Crippen molar-refractivity contribution in [2.45, 2.75) is 37.9 Å². The van der Waals surface area contributed by atoms with Crippen LogP contribution in [0.2, 0.25) is 0 Å². The van der Waals surface area contributed by atoms with Crippen molar-refractivity contribution in [1.82, 2.24) is 19.7 Å². The van der Waals surface area contributed by atoms with E-state index in [1.54, 1.807) is 48.4 Å². The molecule has 1 aromatic carbocycles. The van der Waals surface area contributed by atoms with Crippen molar-refractivity contribution in [2.75, 3.05) is 20.2 Å². The number of rotatable bonds is 5. The number of carbonyl (C=O) groups is 3. The van der Waals surface area contributed by atoms with Crippen LogP contribution in [0.25, 0.3) is 0 Å². The number of likely N-dealkylation sites (tertiary alicyclic amines) is 1. The first-order valence-corrected chi connectivity index (χ1v) is 11.1. The van der Waals surface area contributed by atoms with E-state index in [1.165, 1.54) is 0 Å². The summed E-state index contributed by atoms with van der Waals surface area (Å²) >= 11 is 0. The quantitative estimate of drug-likeness (QED) is 0.693. The Morgan fingerprint density at radius 1 is 1.06 bits per heavy atom. The molecule has 33 heavy (non-hydrogen) atoms. The molecular weight excluding hydrogens is 424 g/mol. The molecule has 0 saturated carbocycles. The molecule has 2 aromatic rings. The topological polar surface area (TPSA) is 101 Å². The van der Waals surface area contributed by atoms with Gasteiger partial charge in [0.05, 0.1) is 20.1 Å². The van der Waals surface area contributed by atoms with Crippen molar-refractivity contribution in [3.05, 3.63) is 64.1 Å². The Kier molecular flexibility index (Phi) is 5.39. The van der Waals surface area contributed by atoms with Crippen LogP contribution in [0, 0.1) is 5.92 Å². The molecule has 4 heterocycles. The van der Waals surface area contributed by atoms with Crippen molar-refractivity contribution in [3.63, 3.8) is 0 Å². The van der Waals surface area contributed by atoms with Crippen molar-refractivity contribution in [3.8, 4) is 5.75 Å². The van der Waals surface area contributed by atoms with Crippen LogP contribution in [0.5, 0.6) is 5.75 Å². The van der Waals surface area contributed by atoms with Gasteiger partial charge in [-0.1, -0.05) is 18.2 Å². The number of nitrogens with one attached hydrogen (secondary N) is 1. The molecule has 3 aliphatic rings. The molecule has 9 heteroatoms. The van der Waals surface area contributed by atoms with Gasteiger partial charge in [0.25, 0.3) is 11.5 Å². The third-order valence-corrected chi connectivity index (χ3v) is 6.82. The van der Waals surface area contributed by atoms with E-state index in [1.807, 2.05) is 10.6 Å². The molecule has 1 N–H and O–H groups in total. The number of benzene rings is 1. The predicted octanol–water partition coefficient (Wildman–Crippen LogP) is 1.31. The lowest BCUT2D eigenvalue weighted by Crippen LogP contribution is -2.50. The van der Waals surface area contributed by atoms with Gasteiger partial charge in [-0.15, -0.1) is 0 Å². The third kappa shape index (κ3) is 3.99. The molecule has 3 aliphatic heterocycles. The Hall–Kier alpha value is -3.62. The summed E-state index contributed by atoms with van der Waals surface area (Å²) in [6, 6.07) is 11.1. The first-order valence-electron chi connectivity index (χ1n) is 11.1. The fourth-order valence-corrected chi connectivity index (χ4v) is 5.18. The highest BCUT2D eigenvalue weighted by Crippen LogP contribution is 2.35. The second-order valence-electron chi connectivity index (χ2n) is 8.98. The number of fused-ring (bicyclic) bond motifs is 4. The average Bonchev–Trinajstić information content (AvgIpc) is 3.07. The van der Waals surface area contributed by atoms with Gasteiger partial charge in [-0.2, -0.15) is 0 Å². The zero-order valence-electron chi connectivity index (χ0n) is 18.4. The lowest BCUT2D eigenvalue weighted by Gasteiger charge is -2.43. The maximum atomic E-state index is 13.1. The molecule has 0 spiro atoms. The fraction of sp³-hybridized carbons (Fsp3) is 0.417. The van der Waals surface area contributed by atoms with E-state index in [-0.39, 0.29) is 36.3 Å². The summed E-state index contributed by atoms with van der Waals surface area (Å²) < 4.78 is 6.95. The molecule has 5 rings (SSSR count). The summed E-state index contributed by atoms with van der Waals surface area (Å²) in [7, 11) is 1.57. The maximum absolute atomic E-state index is 13.1. The van der Waals surface area contributed by atoms with Gasteiger partial charge >= 0.3 is 6.03 Å². The molecule has 0 radical (unpaired) electrons. The number of imide groups is 1. The SMILES string of the molecule is COc1ccc(CN2C(=O)N[C@@H](CC(=O)N3C[C@@H]4C[C@H](C3)c3cccc(=O)n3C4)C2=O)cc1. The standard InChI is InChI=1S/C24H26N4O5/c1-33-18-7-5-15(6-8-18)12-28-23(31)19(25-24(28)32)10-22(30)26-11-16-9-17(14-26)20-3-2-4-21(29)27(20)13-16/h2-8,16-17,19H,9-14H2,1H3,(H,25,32)/t16-,17+,19-/m0/s1. The van der Waals surface area contributed by atoms with Crippen molar-refractivity contribution < 1.29 is 19.1 Å². The van der Waals surface area contributed by atoms with Crippen LogP contribution in [0.1, 0.15) is 30.0 Å².